The second kappa shape index (κ2) is 5.27. The van der Waals surface area contributed by atoms with Crippen molar-refractivity contribution >= 4 is 33.2 Å². The standard InChI is InChI=1S/C11H14ClN3OS/c1-7(6-16)15(2)5-9-13-10(12)8-3-4-17-11(8)14-9/h3-4,7,16H,5-6H2,1-2H3. The van der Waals surface area contributed by atoms with E-state index < -0.39 is 0 Å². The van der Waals surface area contributed by atoms with Gasteiger partial charge in [-0.25, -0.2) is 9.97 Å². The van der Waals surface area contributed by atoms with E-state index in [9.17, 15) is 0 Å². The Morgan fingerprint density at radius 1 is 1.53 bits per heavy atom. The fourth-order valence-corrected chi connectivity index (χ4v) is 2.54. The molecule has 0 radical (unpaired) electrons. The van der Waals surface area contributed by atoms with Gasteiger partial charge in [-0.2, -0.15) is 0 Å². The van der Waals surface area contributed by atoms with Crippen LogP contribution in [0.5, 0.6) is 0 Å². The van der Waals surface area contributed by atoms with E-state index in [2.05, 4.69) is 9.97 Å². The monoisotopic (exact) mass is 271 g/mol. The van der Waals surface area contributed by atoms with E-state index in [1.807, 2.05) is 30.3 Å². The number of nitrogens with zero attached hydrogens (tertiary/aromatic N) is 3. The quantitative estimate of drug-likeness (QED) is 0.866. The average Bonchev–Trinajstić information content (AvgIpc) is 2.76. The summed E-state index contributed by atoms with van der Waals surface area (Å²) in [6.45, 7) is 2.64. The third kappa shape index (κ3) is 2.74. The Morgan fingerprint density at radius 3 is 3.00 bits per heavy atom. The predicted molar refractivity (Wildman–Crippen MR) is 70.4 cm³/mol. The van der Waals surface area contributed by atoms with Crippen LogP contribution >= 0.6 is 22.9 Å². The molecule has 17 heavy (non-hydrogen) atoms. The van der Waals surface area contributed by atoms with Crippen LogP contribution in [0, 0.1) is 0 Å². The molecule has 0 spiro atoms. The molecule has 0 aromatic carbocycles. The first-order valence-corrected chi connectivity index (χ1v) is 6.58. The summed E-state index contributed by atoms with van der Waals surface area (Å²) in [5.41, 5.74) is 0. The maximum absolute atomic E-state index is 9.07. The number of aromatic nitrogens is 2. The van der Waals surface area contributed by atoms with Crippen molar-refractivity contribution in [1.29, 1.82) is 0 Å². The third-order valence-corrected chi connectivity index (χ3v) is 3.83. The van der Waals surface area contributed by atoms with E-state index in [-0.39, 0.29) is 12.6 Å². The zero-order valence-electron chi connectivity index (χ0n) is 9.72. The Balaban J connectivity index is 2.24. The summed E-state index contributed by atoms with van der Waals surface area (Å²) in [6.07, 6.45) is 0. The molecule has 1 N–H and O–H groups in total. The number of rotatable bonds is 4. The second-order valence-corrected chi connectivity index (χ2v) is 5.27. The van der Waals surface area contributed by atoms with Crippen LogP contribution in [0.1, 0.15) is 12.7 Å². The van der Waals surface area contributed by atoms with Crippen molar-refractivity contribution < 1.29 is 5.11 Å². The van der Waals surface area contributed by atoms with E-state index in [1.165, 1.54) is 0 Å². The molecule has 4 nitrogen and oxygen atoms in total. The number of halogens is 1. The van der Waals surface area contributed by atoms with Gasteiger partial charge in [-0.15, -0.1) is 11.3 Å². The molecule has 2 rings (SSSR count). The van der Waals surface area contributed by atoms with E-state index in [0.29, 0.717) is 17.5 Å². The molecule has 2 aromatic heterocycles. The first kappa shape index (κ1) is 12.7. The zero-order chi connectivity index (χ0) is 12.4. The van der Waals surface area contributed by atoms with E-state index in [1.54, 1.807) is 11.3 Å². The number of likely N-dealkylation sites (N-methyl/N-ethyl adjacent to an activating group) is 1. The molecule has 2 aromatic rings. The highest BCUT2D eigenvalue weighted by molar-refractivity contribution is 7.16. The first-order chi connectivity index (χ1) is 8.11. The molecule has 92 valence electrons. The van der Waals surface area contributed by atoms with Crippen LogP contribution in [-0.4, -0.2) is 39.7 Å². The van der Waals surface area contributed by atoms with Gasteiger partial charge in [0.25, 0.3) is 0 Å². The van der Waals surface area contributed by atoms with Crippen molar-refractivity contribution in [3.05, 3.63) is 22.4 Å². The Kier molecular flexibility index (Phi) is 3.93. The van der Waals surface area contributed by atoms with Gasteiger partial charge >= 0.3 is 0 Å². The van der Waals surface area contributed by atoms with Crippen LogP contribution in [0.2, 0.25) is 5.15 Å². The molecule has 1 unspecified atom stereocenters. The number of aliphatic hydroxyl groups excluding tert-OH is 1. The Hall–Kier alpha value is -0.750. The topological polar surface area (TPSA) is 49.2 Å². The third-order valence-electron chi connectivity index (χ3n) is 2.73. The van der Waals surface area contributed by atoms with E-state index in [4.69, 9.17) is 16.7 Å². The number of hydrogen-bond acceptors (Lipinski definition) is 5. The largest absolute Gasteiger partial charge is 0.395 e. The van der Waals surface area contributed by atoms with Crippen LogP contribution < -0.4 is 0 Å². The molecular formula is C11H14ClN3OS. The van der Waals surface area contributed by atoms with Gasteiger partial charge in [-0.05, 0) is 25.4 Å². The minimum Gasteiger partial charge on any atom is -0.395 e. The molecule has 0 fully saturated rings. The van der Waals surface area contributed by atoms with Gasteiger partial charge in [0.05, 0.1) is 13.2 Å². The highest BCUT2D eigenvalue weighted by Crippen LogP contribution is 2.25. The minimum atomic E-state index is 0.0800. The normalized spacial score (nSPS) is 13.5. The lowest BCUT2D eigenvalue weighted by Gasteiger charge is -2.21. The van der Waals surface area contributed by atoms with Crippen molar-refractivity contribution in [3.8, 4) is 0 Å². The number of hydrogen-bond donors (Lipinski definition) is 1. The lowest BCUT2D eigenvalue weighted by molar-refractivity contribution is 0.151. The maximum atomic E-state index is 9.07. The predicted octanol–water partition coefficient (Wildman–Crippen LogP) is 2.16. The van der Waals surface area contributed by atoms with Crippen LogP contribution in [0.25, 0.3) is 10.2 Å². The van der Waals surface area contributed by atoms with Crippen LogP contribution in [0.3, 0.4) is 0 Å². The second-order valence-electron chi connectivity index (χ2n) is 4.02. The fraction of sp³-hybridized carbons (Fsp3) is 0.455. The molecule has 0 amide bonds. The Labute approximate surface area is 109 Å². The highest BCUT2D eigenvalue weighted by Gasteiger charge is 2.12. The van der Waals surface area contributed by atoms with Crippen molar-refractivity contribution in [2.75, 3.05) is 13.7 Å². The van der Waals surface area contributed by atoms with E-state index >= 15 is 0 Å². The van der Waals surface area contributed by atoms with Crippen molar-refractivity contribution in [2.45, 2.75) is 19.5 Å². The smallest absolute Gasteiger partial charge is 0.145 e. The molecule has 0 bridgehead atoms. The minimum absolute atomic E-state index is 0.0800. The summed E-state index contributed by atoms with van der Waals surface area (Å²) in [5.74, 6) is 0.688. The summed E-state index contributed by atoms with van der Waals surface area (Å²) < 4.78 is 0. The molecule has 0 saturated heterocycles. The van der Waals surface area contributed by atoms with Crippen molar-refractivity contribution in [3.63, 3.8) is 0 Å². The summed E-state index contributed by atoms with van der Waals surface area (Å²) in [7, 11) is 1.93. The Bertz CT molecular complexity index is 516. The van der Waals surface area contributed by atoms with Gasteiger partial charge in [0.15, 0.2) is 0 Å². The molecule has 6 heteroatoms. The van der Waals surface area contributed by atoms with Gasteiger partial charge < -0.3 is 5.11 Å². The summed E-state index contributed by atoms with van der Waals surface area (Å²) in [5, 5.41) is 12.4. The van der Waals surface area contributed by atoms with Gasteiger partial charge in [0.2, 0.25) is 0 Å². The van der Waals surface area contributed by atoms with Gasteiger partial charge in [-0.1, -0.05) is 11.6 Å². The van der Waals surface area contributed by atoms with Crippen molar-refractivity contribution in [1.82, 2.24) is 14.9 Å². The molecule has 1 atom stereocenters. The summed E-state index contributed by atoms with van der Waals surface area (Å²) in [4.78, 5) is 11.6. The lowest BCUT2D eigenvalue weighted by Crippen LogP contribution is -2.32. The van der Waals surface area contributed by atoms with Gasteiger partial charge in [-0.3, -0.25) is 4.90 Å². The molecule has 0 aliphatic rings. The molecule has 0 saturated carbocycles. The van der Waals surface area contributed by atoms with Crippen LogP contribution in [-0.2, 0) is 6.54 Å². The molecule has 0 aliphatic carbocycles. The molecule has 0 aliphatic heterocycles. The number of fused-ring (bicyclic) bond motifs is 1. The van der Waals surface area contributed by atoms with Crippen LogP contribution in [0.4, 0.5) is 0 Å². The number of aliphatic hydroxyl groups is 1. The van der Waals surface area contributed by atoms with Crippen molar-refractivity contribution in [2.24, 2.45) is 0 Å². The summed E-state index contributed by atoms with van der Waals surface area (Å²) in [6, 6.07) is 2.00. The number of thiophene rings is 1. The lowest BCUT2D eigenvalue weighted by atomic mass is 10.3. The highest BCUT2D eigenvalue weighted by atomic mass is 35.5. The fourth-order valence-electron chi connectivity index (χ4n) is 1.45. The maximum Gasteiger partial charge on any atom is 0.145 e. The summed E-state index contributed by atoms with van der Waals surface area (Å²) >= 11 is 7.64. The van der Waals surface area contributed by atoms with Crippen LogP contribution in [0.15, 0.2) is 11.4 Å². The zero-order valence-corrected chi connectivity index (χ0v) is 11.3. The average molecular weight is 272 g/mol. The van der Waals surface area contributed by atoms with E-state index in [0.717, 1.165) is 10.2 Å². The molecular weight excluding hydrogens is 258 g/mol. The first-order valence-electron chi connectivity index (χ1n) is 5.32. The van der Waals surface area contributed by atoms with Gasteiger partial charge in [0.1, 0.15) is 15.8 Å². The SMILES string of the molecule is CC(CO)N(C)Cc1nc(Cl)c2ccsc2n1. The van der Waals surface area contributed by atoms with Gasteiger partial charge in [0, 0.05) is 11.4 Å². The Morgan fingerprint density at radius 2 is 2.29 bits per heavy atom. The molecule has 2 heterocycles.